The Kier molecular flexibility index (Phi) is 7.07. The van der Waals surface area contributed by atoms with Crippen LogP contribution in [0.25, 0.3) is 0 Å². The van der Waals surface area contributed by atoms with Gasteiger partial charge in [0.15, 0.2) is 0 Å². The van der Waals surface area contributed by atoms with Crippen molar-refractivity contribution in [2.24, 2.45) is 4.40 Å². The van der Waals surface area contributed by atoms with Gasteiger partial charge < -0.3 is 15.4 Å². The first-order valence-electron chi connectivity index (χ1n) is 11.4. The van der Waals surface area contributed by atoms with Gasteiger partial charge in [-0.15, -0.1) is 4.40 Å². The molecule has 8 nitrogen and oxygen atoms in total. The Labute approximate surface area is 209 Å². The van der Waals surface area contributed by atoms with Crippen molar-refractivity contribution in [2.75, 3.05) is 0 Å². The number of aromatic nitrogens is 1. The quantitative estimate of drug-likeness (QED) is 0.518. The summed E-state index contributed by atoms with van der Waals surface area (Å²) in [6.45, 7) is 5.18. The molecule has 2 aromatic carbocycles. The van der Waals surface area contributed by atoms with Crippen LogP contribution in [0.4, 0.5) is 4.39 Å². The number of sulfonamides is 1. The predicted molar refractivity (Wildman–Crippen MR) is 134 cm³/mol. The maximum absolute atomic E-state index is 14.2. The SMILES string of the molecule is C[C@H](NC1=NS(=O)(=O)C(c2cccc(C(=O)NCc3ccccn3)c2)C(C)(C)O1)c1ccccc1F. The second kappa shape index (κ2) is 10.1. The molecule has 0 spiro atoms. The number of amidine groups is 1. The molecule has 1 unspecified atom stereocenters. The summed E-state index contributed by atoms with van der Waals surface area (Å²) in [5.41, 5.74) is 0.489. The molecule has 36 heavy (non-hydrogen) atoms. The standard InChI is InChI=1S/C26H27FN4O4S/c1-17(21-12-4-5-13-22(21)27)30-25-31-36(33,34)23(26(2,3)35-25)18-9-8-10-19(15-18)24(32)29-16-20-11-6-7-14-28-20/h4-15,17,23H,16H2,1-3H3,(H,29,32)(H,30,31)/t17-,23?/m0/s1. The van der Waals surface area contributed by atoms with Crippen LogP contribution in [0.1, 0.15) is 59.2 Å². The van der Waals surface area contributed by atoms with E-state index in [-0.39, 0.29) is 18.5 Å². The average molecular weight is 511 g/mol. The molecule has 0 fully saturated rings. The van der Waals surface area contributed by atoms with E-state index in [2.05, 4.69) is 20.0 Å². The van der Waals surface area contributed by atoms with Crippen molar-refractivity contribution < 1.29 is 22.3 Å². The largest absolute Gasteiger partial charge is 0.457 e. The number of carbonyl (C=O) groups is 1. The van der Waals surface area contributed by atoms with Crippen LogP contribution in [0.15, 0.2) is 77.3 Å². The van der Waals surface area contributed by atoms with Gasteiger partial charge in [0.2, 0.25) is 0 Å². The Morgan fingerprint density at radius 2 is 1.86 bits per heavy atom. The number of amides is 1. The molecule has 0 saturated carbocycles. The lowest BCUT2D eigenvalue weighted by molar-refractivity contribution is 0.0766. The van der Waals surface area contributed by atoms with Crippen LogP contribution >= 0.6 is 0 Å². The molecule has 3 aromatic rings. The van der Waals surface area contributed by atoms with Crippen LogP contribution in [0.5, 0.6) is 0 Å². The summed E-state index contributed by atoms with van der Waals surface area (Å²) in [7, 11) is -4.10. The van der Waals surface area contributed by atoms with Crippen molar-refractivity contribution in [1.29, 1.82) is 0 Å². The van der Waals surface area contributed by atoms with Crippen molar-refractivity contribution in [1.82, 2.24) is 15.6 Å². The van der Waals surface area contributed by atoms with Gasteiger partial charge in [0, 0.05) is 17.3 Å². The maximum Gasteiger partial charge on any atom is 0.301 e. The van der Waals surface area contributed by atoms with Crippen molar-refractivity contribution in [3.05, 3.63) is 101 Å². The zero-order valence-corrected chi connectivity index (χ0v) is 20.9. The van der Waals surface area contributed by atoms with Crippen LogP contribution < -0.4 is 10.6 Å². The fourth-order valence-electron chi connectivity index (χ4n) is 4.19. The third-order valence-corrected chi connectivity index (χ3v) is 7.67. The zero-order chi connectivity index (χ0) is 25.9. The highest BCUT2D eigenvalue weighted by atomic mass is 32.2. The highest BCUT2D eigenvalue weighted by molar-refractivity contribution is 7.90. The van der Waals surface area contributed by atoms with Gasteiger partial charge in [-0.2, -0.15) is 0 Å². The van der Waals surface area contributed by atoms with Crippen molar-refractivity contribution in [3.8, 4) is 0 Å². The van der Waals surface area contributed by atoms with Gasteiger partial charge in [0.25, 0.3) is 15.9 Å². The highest BCUT2D eigenvalue weighted by Crippen LogP contribution is 2.40. The summed E-state index contributed by atoms with van der Waals surface area (Å²) >= 11 is 0. The highest BCUT2D eigenvalue weighted by Gasteiger charge is 2.47. The van der Waals surface area contributed by atoms with Crippen LogP contribution in [0.3, 0.4) is 0 Å². The summed E-state index contributed by atoms with van der Waals surface area (Å²) in [5, 5.41) is 4.48. The molecule has 1 aromatic heterocycles. The van der Waals surface area contributed by atoms with Crippen LogP contribution in [0.2, 0.25) is 0 Å². The van der Waals surface area contributed by atoms with Gasteiger partial charge in [-0.25, -0.2) is 12.8 Å². The number of ether oxygens (including phenoxy) is 1. The fourth-order valence-corrected chi connectivity index (χ4v) is 5.87. The average Bonchev–Trinajstić information content (AvgIpc) is 2.82. The zero-order valence-electron chi connectivity index (χ0n) is 20.1. The number of nitrogens with one attached hydrogen (secondary N) is 2. The Morgan fingerprint density at radius 1 is 1.11 bits per heavy atom. The van der Waals surface area contributed by atoms with Gasteiger partial charge >= 0.3 is 6.02 Å². The number of benzene rings is 2. The first-order chi connectivity index (χ1) is 17.1. The third kappa shape index (κ3) is 5.54. The number of pyridine rings is 1. The first kappa shape index (κ1) is 25.3. The van der Waals surface area contributed by atoms with E-state index in [1.54, 1.807) is 75.5 Å². The lowest BCUT2D eigenvalue weighted by atomic mass is 9.96. The van der Waals surface area contributed by atoms with E-state index in [0.29, 0.717) is 22.4 Å². The molecule has 1 aliphatic heterocycles. The normalized spacial score (nSPS) is 18.9. The van der Waals surface area contributed by atoms with Gasteiger partial charge in [0.1, 0.15) is 16.7 Å². The molecule has 1 amide bonds. The third-order valence-electron chi connectivity index (χ3n) is 5.82. The van der Waals surface area contributed by atoms with E-state index in [0.717, 1.165) is 0 Å². The summed E-state index contributed by atoms with van der Waals surface area (Å²) in [6.07, 6.45) is 1.64. The van der Waals surface area contributed by atoms with Gasteiger partial charge in [-0.1, -0.05) is 36.4 Å². The van der Waals surface area contributed by atoms with Crippen molar-refractivity contribution in [3.63, 3.8) is 0 Å². The first-order valence-corrected chi connectivity index (χ1v) is 12.9. The summed E-state index contributed by atoms with van der Waals surface area (Å²) in [6, 6.07) is 17.2. The van der Waals surface area contributed by atoms with E-state index >= 15 is 0 Å². The number of hydrogen-bond acceptors (Lipinski definition) is 6. The van der Waals surface area contributed by atoms with E-state index in [9.17, 15) is 17.6 Å². The number of hydrogen-bond donors (Lipinski definition) is 2. The molecule has 0 radical (unpaired) electrons. The number of nitrogens with zero attached hydrogens (tertiary/aromatic N) is 2. The molecule has 4 rings (SSSR count). The molecular formula is C26H27FN4O4S. The smallest absolute Gasteiger partial charge is 0.301 e. The maximum atomic E-state index is 14.2. The lowest BCUT2D eigenvalue weighted by Crippen LogP contribution is -2.47. The summed E-state index contributed by atoms with van der Waals surface area (Å²) in [5.74, 6) is -0.786. The molecule has 1 aliphatic rings. The molecule has 2 atom stereocenters. The number of halogens is 1. The van der Waals surface area contributed by atoms with Gasteiger partial charge in [-0.05, 0) is 56.7 Å². The van der Waals surface area contributed by atoms with E-state index in [4.69, 9.17) is 4.74 Å². The monoisotopic (exact) mass is 510 g/mol. The van der Waals surface area contributed by atoms with Crippen molar-refractivity contribution >= 4 is 22.0 Å². The molecule has 0 saturated heterocycles. The molecular weight excluding hydrogens is 483 g/mol. The Morgan fingerprint density at radius 3 is 2.56 bits per heavy atom. The second-order valence-electron chi connectivity index (χ2n) is 9.01. The lowest BCUT2D eigenvalue weighted by Gasteiger charge is -2.37. The van der Waals surface area contributed by atoms with Crippen molar-refractivity contribution in [2.45, 2.75) is 44.2 Å². The van der Waals surface area contributed by atoms with Gasteiger partial charge in [0.05, 0.1) is 18.3 Å². The van der Waals surface area contributed by atoms with Crippen LogP contribution in [-0.4, -0.2) is 30.9 Å². The molecule has 2 heterocycles. The fraction of sp³-hybridized carbons (Fsp3) is 0.269. The Balaban J connectivity index is 1.55. The minimum atomic E-state index is -4.10. The Bertz CT molecular complexity index is 1390. The topological polar surface area (TPSA) is 110 Å². The number of rotatable bonds is 6. The summed E-state index contributed by atoms with van der Waals surface area (Å²) in [4.78, 5) is 16.9. The van der Waals surface area contributed by atoms with E-state index in [1.807, 2.05) is 6.07 Å². The Hall–Kier alpha value is -3.79. The number of carbonyl (C=O) groups excluding carboxylic acids is 1. The second-order valence-corrected chi connectivity index (χ2v) is 10.7. The minimum absolute atomic E-state index is 0.212. The minimum Gasteiger partial charge on any atom is -0.457 e. The molecule has 0 bridgehead atoms. The van der Waals surface area contributed by atoms with Crippen LogP contribution in [-0.2, 0) is 21.3 Å². The summed E-state index contributed by atoms with van der Waals surface area (Å²) < 4.78 is 50.5. The van der Waals surface area contributed by atoms with Gasteiger partial charge in [-0.3, -0.25) is 9.78 Å². The van der Waals surface area contributed by atoms with E-state index < -0.39 is 32.7 Å². The predicted octanol–water partition coefficient (Wildman–Crippen LogP) is 4.04. The molecule has 188 valence electrons. The van der Waals surface area contributed by atoms with E-state index in [1.165, 1.54) is 12.1 Å². The van der Waals surface area contributed by atoms with Crippen LogP contribution in [0, 0.1) is 5.82 Å². The molecule has 10 heteroatoms. The molecule has 2 N–H and O–H groups in total. The molecule has 0 aliphatic carbocycles.